The van der Waals surface area contributed by atoms with Gasteiger partial charge in [-0.3, -0.25) is 9.69 Å². The Bertz CT molecular complexity index is 1050. The van der Waals surface area contributed by atoms with E-state index in [0.29, 0.717) is 13.1 Å². The summed E-state index contributed by atoms with van der Waals surface area (Å²) in [5.74, 6) is -0.547. The van der Waals surface area contributed by atoms with E-state index < -0.39 is 23.3 Å². The average molecular weight is 434 g/mol. The molecule has 0 fully saturated rings. The van der Waals surface area contributed by atoms with Gasteiger partial charge in [0.15, 0.2) is 0 Å². The molecule has 30 heavy (non-hydrogen) atoms. The Morgan fingerprint density at radius 3 is 2.53 bits per heavy atom. The SMILES string of the molecule is O=C(CN1CCn2cccc2C1c1ccccc1)Nc1c(Cl)cccc1C(F)(F)F. The molecule has 0 spiro atoms. The monoisotopic (exact) mass is 433 g/mol. The zero-order valence-corrected chi connectivity index (χ0v) is 16.6. The van der Waals surface area contributed by atoms with E-state index in [1.54, 1.807) is 0 Å². The standard InChI is InChI=1S/C22H19ClF3N3O/c23-17-9-4-8-16(22(24,25)26)20(17)27-19(30)14-29-13-12-28-11-5-10-18(28)21(29)15-6-2-1-3-7-15/h1-11,21H,12-14H2,(H,27,30). The maximum Gasteiger partial charge on any atom is 0.418 e. The van der Waals surface area contributed by atoms with Crippen molar-refractivity contribution in [3.05, 3.63) is 88.7 Å². The summed E-state index contributed by atoms with van der Waals surface area (Å²) in [5.41, 5.74) is 0.677. The normalized spacial score (nSPS) is 16.9. The van der Waals surface area contributed by atoms with Gasteiger partial charge in [0.2, 0.25) is 5.91 Å². The Morgan fingerprint density at radius 2 is 1.80 bits per heavy atom. The summed E-state index contributed by atoms with van der Waals surface area (Å²) in [5, 5.41) is 2.24. The van der Waals surface area contributed by atoms with Gasteiger partial charge < -0.3 is 9.88 Å². The van der Waals surface area contributed by atoms with E-state index >= 15 is 0 Å². The van der Waals surface area contributed by atoms with Crippen LogP contribution in [0.4, 0.5) is 18.9 Å². The minimum absolute atomic E-state index is 0.0622. The number of aromatic nitrogens is 1. The molecule has 0 saturated heterocycles. The van der Waals surface area contributed by atoms with Gasteiger partial charge in [-0.2, -0.15) is 13.2 Å². The fourth-order valence-electron chi connectivity index (χ4n) is 3.87. The van der Waals surface area contributed by atoms with Crippen LogP contribution in [0.25, 0.3) is 0 Å². The molecule has 4 rings (SSSR count). The summed E-state index contributed by atoms with van der Waals surface area (Å²) < 4.78 is 42.1. The van der Waals surface area contributed by atoms with Crippen LogP contribution in [0.2, 0.25) is 5.02 Å². The van der Waals surface area contributed by atoms with Crippen LogP contribution in [0.1, 0.15) is 22.9 Å². The van der Waals surface area contributed by atoms with Crippen molar-refractivity contribution >= 4 is 23.2 Å². The number of rotatable bonds is 4. The van der Waals surface area contributed by atoms with Gasteiger partial charge in [-0.15, -0.1) is 0 Å². The number of nitrogens with zero attached hydrogens (tertiary/aromatic N) is 2. The first-order valence-electron chi connectivity index (χ1n) is 9.44. The molecule has 2 heterocycles. The number of hydrogen-bond acceptors (Lipinski definition) is 2. The van der Waals surface area contributed by atoms with Crippen LogP contribution in [0.15, 0.2) is 66.9 Å². The molecule has 1 N–H and O–H groups in total. The van der Waals surface area contributed by atoms with E-state index in [4.69, 9.17) is 11.6 Å². The van der Waals surface area contributed by atoms with Gasteiger partial charge in [-0.1, -0.05) is 48.0 Å². The Hall–Kier alpha value is -2.77. The third kappa shape index (κ3) is 4.08. The van der Waals surface area contributed by atoms with Crippen molar-refractivity contribution in [3.8, 4) is 0 Å². The lowest BCUT2D eigenvalue weighted by atomic mass is 10.00. The Balaban J connectivity index is 1.59. The zero-order chi connectivity index (χ0) is 21.3. The van der Waals surface area contributed by atoms with Crippen molar-refractivity contribution in [1.29, 1.82) is 0 Å². The molecule has 3 aromatic rings. The molecule has 2 aromatic carbocycles. The van der Waals surface area contributed by atoms with Crippen LogP contribution >= 0.6 is 11.6 Å². The molecule has 0 aliphatic carbocycles. The van der Waals surface area contributed by atoms with Gasteiger partial charge in [0.1, 0.15) is 0 Å². The second-order valence-corrected chi connectivity index (χ2v) is 7.53. The fraction of sp³-hybridized carbons (Fsp3) is 0.227. The van der Waals surface area contributed by atoms with Crippen molar-refractivity contribution in [2.75, 3.05) is 18.4 Å². The van der Waals surface area contributed by atoms with Crippen molar-refractivity contribution < 1.29 is 18.0 Å². The Kier molecular flexibility index (Phi) is 5.58. The minimum atomic E-state index is -4.62. The third-order valence-electron chi connectivity index (χ3n) is 5.18. The van der Waals surface area contributed by atoms with E-state index in [-0.39, 0.29) is 17.6 Å². The molecule has 1 atom stereocenters. The lowest BCUT2D eigenvalue weighted by Gasteiger charge is -2.37. The van der Waals surface area contributed by atoms with Crippen LogP contribution in [0.3, 0.4) is 0 Å². The Labute approximate surface area is 176 Å². The van der Waals surface area contributed by atoms with E-state index in [0.717, 1.165) is 17.3 Å². The van der Waals surface area contributed by atoms with Crippen LogP contribution < -0.4 is 5.32 Å². The first-order chi connectivity index (χ1) is 14.3. The predicted octanol–water partition coefficient (Wildman–Crippen LogP) is 5.20. The number of amides is 1. The lowest BCUT2D eigenvalue weighted by Crippen LogP contribution is -2.42. The molecule has 0 radical (unpaired) electrons. The number of para-hydroxylation sites is 1. The van der Waals surface area contributed by atoms with Crippen LogP contribution in [0, 0.1) is 0 Å². The number of nitrogens with one attached hydrogen (secondary N) is 1. The number of carbonyl (C=O) groups is 1. The molecule has 1 unspecified atom stereocenters. The molecule has 156 valence electrons. The third-order valence-corrected chi connectivity index (χ3v) is 5.50. The second kappa shape index (κ2) is 8.16. The molecule has 1 amide bonds. The molecule has 0 saturated carbocycles. The van der Waals surface area contributed by atoms with Crippen LogP contribution in [-0.4, -0.2) is 28.5 Å². The van der Waals surface area contributed by atoms with E-state index in [1.165, 1.54) is 12.1 Å². The summed E-state index contributed by atoms with van der Waals surface area (Å²) in [6, 6.07) is 16.9. The number of anilines is 1. The molecule has 1 aromatic heterocycles. The number of fused-ring (bicyclic) bond motifs is 1. The molecule has 1 aliphatic rings. The number of halogens is 4. The van der Waals surface area contributed by atoms with E-state index in [9.17, 15) is 18.0 Å². The van der Waals surface area contributed by atoms with Gasteiger partial charge >= 0.3 is 6.18 Å². The maximum absolute atomic E-state index is 13.3. The average Bonchev–Trinajstić information content (AvgIpc) is 3.18. The van der Waals surface area contributed by atoms with E-state index in [1.807, 2.05) is 53.6 Å². The summed E-state index contributed by atoms with van der Waals surface area (Å²) in [4.78, 5) is 14.7. The highest BCUT2D eigenvalue weighted by molar-refractivity contribution is 6.34. The number of benzene rings is 2. The van der Waals surface area contributed by atoms with Crippen LogP contribution in [0.5, 0.6) is 0 Å². The fourth-order valence-corrected chi connectivity index (χ4v) is 4.09. The lowest BCUT2D eigenvalue weighted by molar-refractivity contribution is -0.137. The molecule has 8 heteroatoms. The smallest absolute Gasteiger partial charge is 0.348 e. The first kappa shape index (κ1) is 20.5. The van der Waals surface area contributed by atoms with Crippen molar-refractivity contribution in [2.24, 2.45) is 0 Å². The highest BCUT2D eigenvalue weighted by Crippen LogP contribution is 2.38. The van der Waals surface area contributed by atoms with Gasteiger partial charge in [0.05, 0.1) is 28.9 Å². The summed E-state index contributed by atoms with van der Waals surface area (Å²) in [6.07, 6.45) is -2.63. The van der Waals surface area contributed by atoms with Gasteiger partial charge in [0, 0.05) is 25.0 Å². The van der Waals surface area contributed by atoms with Crippen molar-refractivity contribution in [3.63, 3.8) is 0 Å². The van der Waals surface area contributed by atoms with Gasteiger partial charge in [0.25, 0.3) is 0 Å². The van der Waals surface area contributed by atoms with Gasteiger partial charge in [-0.25, -0.2) is 0 Å². The van der Waals surface area contributed by atoms with Crippen LogP contribution in [-0.2, 0) is 17.5 Å². The molecule has 0 bridgehead atoms. The number of alkyl halides is 3. The topological polar surface area (TPSA) is 37.3 Å². The maximum atomic E-state index is 13.3. The first-order valence-corrected chi connectivity index (χ1v) is 9.82. The number of hydrogen-bond donors (Lipinski definition) is 1. The summed E-state index contributed by atoms with van der Waals surface area (Å²) >= 11 is 5.97. The molecule has 4 nitrogen and oxygen atoms in total. The van der Waals surface area contributed by atoms with Crippen molar-refractivity contribution in [1.82, 2.24) is 9.47 Å². The van der Waals surface area contributed by atoms with E-state index in [2.05, 4.69) is 9.88 Å². The molecular weight excluding hydrogens is 415 g/mol. The van der Waals surface area contributed by atoms with Gasteiger partial charge in [-0.05, 0) is 29.8 Å². The second-order valence-electron chi connectivity index (χ2n) is 7.12. The predicted molar refractivity (Wildman–Crippen MR) is 109 cm³/mol. The molecular formula is C22H19ClF3N3O. The highest BCUT2D eigenvalue weighted by Gasteiger charge is 2.35. The minimum Gasteiger partial charge on any atom is -0.348 e. The zero-order valence-electron chi connectivity index (χ0n) is 15.9. The molecule has 1 aliphatic heterocycles. The number of carbonyl (C=O) groups excluding carboxylic acids is 1. The summed E-state index contributed by atoms with van der Waals surface area (Å²) in [6.45, 7) is 1.22. The summed E-state index contributed by atoms with van der Waals surface area (Å²) in [7, 11) is 0. The van der Waals surface area contributed by atoms with Crippen molar-refractivity contribution in [2.45, 2.75) is 18.8 Å². The highest BCUT2D eigenvalue weighted by atomic mass is 35.5. The quantitative estimate of drug-likeness (QED) is 0.613. The Morgan fingerprint density at radius 1 is 1.03 bits per heavy atom. The largest absolute Gasteiger partial charge is 0.418 e.